The van der Waals surface area contributed by atoms with Crippen molar-refractivity contribution < 1.29 is 0 Å². The highest BCUT2D eigenvalue weighted by molar-refractivity contribution is 6.33. The molecule has 0 radical (unpaired) electrons. The second-order valence-corrected chi connectivity index (χ2v) is 6.56. The molecule has 0 aliphatic carbocycles. The average Bonchev–Trinajstić information content (AvgIpc) is 2.92. The van der Waals surface area contributed by atoms with E-state index in [1.165, 1.54) is 15.6 Å². The van der Waals surface area contributed by atoms with Crippen LogP contribution in [-0.4, -0.2) is 24.6 Å². The first-order chi connectivity index (χ1) is 11.4. The Hall–Kier alpha value is -2.24. The molecule has 0 aliphatic heterocycles. The van der Waals surface area contributed by atoms with E-state index in [4.69, 9.17) is 28.2 Å². The molecule has 0 amide bonds. The molecule has 0 saturated heterocycles. The molecule has 7 heteroatoms. The van der Waals surface area contributed by atoms with Crippen molar-refractivity contribution >= 4 is 39.9 Å². The van der Waals surface area contributed by atoms with Gasteiger partial charge in [-0.2, -0.15) is 5.10 Å². The predicted octanol–water partition coefficient (Wildman–Crippen LogP) is 4.57. The third kappa shape index (κ3) is 2.41. The molecule has 0 spiro atoms. The molecule has 3 aromatic heterocycles. The first-order valence-corrected chi connectivity index (χ1v) is 8.16. The molecule has 0 saturated carbocycles. The fourth-order valence-electron chi connectivity index (χ4n) is 2.67. The molecule has 5 nitrogen and oxygen atoms in total. The fourth-order valence-corrected chi connectivity index (χ4v) is 3.14. The van der Waals surface area contributed by atoms with Crippen molar-refractivity contribution in [2.75, 3.05) is 0 Å². The van der Waals surface area contributed by atoms with Crippen LogP contribution in [0.3, 0.4) is 0 Å². The van der Waals surface area contributed by atoms with Gasteiger partial charge in [0.05, 0.1) is 16.7 Å². The molecule has 0 fully saturated rings. The summed E-state index contributed by atoms with van der Waals surface area (Å²) in [6, 6.07) is 7.45. The van der Waals surface area contributed by atoms with Crippen LogP contribution in [0.1, 0.15) is 16.8 Å². The Bertz CT molecular complexity index is 1120. The summed E-state index contributed by atoms with van der Waals surface area (Å²) < 4.78 is 1.54. The Morgan fingerprint density at radius 1 is 0.833 bits per heavy atom. The molecular weight excluding hydrogens is 345 g/mol. The van der Waals surface area contributed by atoms with E-state index in [9.17, 15) is 0 Å². The zero-order chi connectivity index (χ0) is 17.0. The standard InChI is InChI=1S/C17H13Cl2N5/c1-8-4-11-12(5-9(8)2)21-17(10(3)20-11)13-6-16-22-14(18)7-15(19)24(16)23-13/h4-7H,1-3H3. The van der Waals surface area contributed by atoms with Crippen molar-refractivity contribution in [1.82, 2.24) is 24.6 Å². The maximum absolute atomic E-state index is 6.18. The molecule has 0 atom stereocenters. The molecule has 4 rings (SSSR count). The minimum absolute atomic E-state index is 0.325. The van der Waals surface area contributed by atoms with Crippen LogP contribution in [-0.2, 0) is 0 Å². The van der Waals surface area contributed by atoms with Gasteiger partial charge in [-0.15, -0.1) is 0 Å². The average molecular weight is 358 g/mol. The summed E-state index contributed by atoms with van der Waals surface area (Å²) >= 11 is 12.1. The van der Waals surface area contributed by atoms with Crippen molar-refractivity contribution in [2.45, 2.75) is 20.8 Å². The molecule has 1 aromatic carbocycles. The molecule has 24 heavy (non-hydrogen) atoms. The van der Waals surface area contributed by atoms with Gasteiger partial charge in [-0.3, -0.25) is 0 Å². The number of rotatable bonds is 1. The Labute approximate surface area is 148 Å². The Balaban J connectivity index is 1.97. The van der Waals surface area contributed by atoms with Gasteiger partial charge in [0.15, 0.2) is 5.65 Å². The Morgan fingerprint density at radius 3 is 2.21 bits per heavy atom. The SMILES string of the molecule is Cc1cc2nc(C)c(-c3cc4nc(Cl)cc(Cl)n4n3)nc2cc1C. The lowest BCUT2D eigenvalue weighted by atomic mass is 10.1. The monoisotopic (exact) mass is 357 g/mol. The summed E-state index contributed by atoms with van der Waals surface area (Å²) in [5.74, 6) is 0. The molecule has 4 aromatic rings. The third-order valence-electron chi connectivity index (χ3n) is 4.05. The summed E-state index contributed by atoms with van der Waals surface area (Å²) in [6.07, 6.45) is 0. The lowest BCUT2D eigenvalue weighted by molar-refractivity contribution is 0.939. The normalized spacial score (nSPS) is 11.5. The summed E-state index contributed by atoms with van der Waals surface area (Å²) in [7, 11) is 0. The van der Waals surface area contributed by atoms with Crippen LogP contribution in [0.5, 0.6) is 0 Å². The van der Waals surface area contributed by atoms with Gasteiger partial charge >= 0.3 is 0 Å². The van der Waals surface area contributed by atoms with Gasteiger partial charge in [0.1, 0.15) is 21.7 Å². The van der Waals surface area contributed by atoms with E-state index in [-0.39, 0.29) is 0 Å². The highest BCUT2D eigenvalue weighted by Gasteiger charge is 2.14. The van der Waals surface area contributed by atoms with Crippen LogP contribution in [0.25, 0.3) is 28.1 Å². The summed E-state index contributed by atoms with van der Waals surface area (Å²) in [5, 5.41) is 5.21. The molecular formula is C17H13Cl2N5. The van der Waals surface area contributed by atoms with Gasteiger partial charge in [0, 0.05) is 12.1 Å². The van der Waals surface area contributed by atoms with E-state index in [1.54, 1.807) is 6.07 Å². The van der Waals surface area contributed by atoms with Gasteiger partial charge in [-0.25, -0.2) is 19.5 Å². The molecule has 0 bridgehead atoms. The third-order valence-corrected chi connectivity index (χ3v) is 4.51. The zero-order valence-corrected chi connectivity index (χ0v) is 14.8. The van der Waals surface area contributed by atoms with Crippen LogP contribution in [0.15, 0.2) is 24.3 Å². The van der Waals surface area contributed by atoms with E-state index in [0.717, 1.165) is 16.7 Å². The van der Waals surface area contributed by atoms with Crippen LogP contribution in [0, 0.1) is 20.8 Å². The largest absolute Gasteiger partial charge is 0.249 e. The first kappa shape index (κ1) is 15.3. The van der Waals surface area contributed by atoms with Crippen molar-refractivity contribution in [3.05, 3.63) is 51.4 Å². The van der Waals surface area contributed by atoms with Crippen molar-refractivity contribution in [3.8, 4) is 11.4 Å². The zero-order valence-electron chi connectivity index (χ0n) is 13.3. The Morgan fingerprint density at radius 2 is 1.50 bits per heavy atom. The maximum atomic E-state index is 6.18. The van der Waals surface area contributed by atoms with Crippen LogP contribution < -0.4 is 0 Å². The molecule has 0 aliphatic rings. The van der Waals surface area contributed by atoms with E-state index in [0.29, 0.717) is 27.3 Å². The van der Waals surface area contributed by atoms with E-state index >= 15 is 0 Å². The van der Waals surface area contributed by atoms with E-state index < -0.39 is 0 Å². The lowest BCUT2D eigenvalue weighted by Crippen LogP contribution is -1.97. The number of fused-ring (bicyclic) bond motifs is 2. The van der Waals surface area contributed by atoms with Gasteiger partial charge in [-0.05, 0) is 44.0 Å². The number of hydrogen-bond donors (Lipinski definition) is 0. The quantitative estimate of drug-likeness (QED) is 0.468. The van der Waals surface area contributed by atoms with E-state index in [2.05, 4.69) is 35.0 Å². The van der Waals surface area contributed by atoms with Gasteiger partial charge in [0.2, 0.25) is 0 Å². The van der Waals surface area contributed by atoms with E-state index in [1.807, 2.05) is 19.1 Å². The van der Waals surface area contributed by atoms with Gasteiger partial charge in [-0.1, -0.05) is 23.2 Å². The highest BCUT2D eigenvalue weighted by Crippen LogP contribution is 2.26. The smallest absolute Gasteiger partial charge is 0.159 e. The highest BCUT2D eigenvalue weighted by atomic mass is 35.5. The summed E-state index contributed by atoms with van der Waals surface area (Å²) in [5.41, 5.74) is 6.84. The summed E-state index contributed by atoms with van der Waals surface area (Å²) in [4.78, 5) is 13.7. The minimum Gasteiger partial charge on any atom is -0.249 e. The lowest BCUT2D eigenvalue weighted by Gasteiger charge is -2.07. The van der Waals surface area contributed by atoms with Gasteiger partial charge in [0.25, 0.3) is 0 Å². The fraction of sp³-hybridized carbons (Fsp3) is 0.176. The second-order valence-electron chi connectivity index (χ2n) is 5.78. The topological polar surface area (TPSA) is 56.0 Å². The van der Waals surface area contributed by atoms with Crippen LogP contribution >= 0.6 is 23.2 Å². The van der Waals surface area contributed by atoms with Crippen molar-refractivity contribution in [1.29, 1.82) is 0 Å². The molecule has 0 unspecified atom stereocenters. The van der Waals surface area contributed by atoms with Crippen molar-refractivity contribution in [2.24, 2.45) is 0 Å². The molecule has 120 valence electrons. The Kier molecular flexibility index (Phi) is 3.44. The minimum atomic E-state index is 0.325. The summed E-state index contributed by atoms with van der Waals surface area (Å²) in [6.45, 7) is 6.05. The number of aromatic nitrogens is 5. The molecule has 0 N–H and O–H groups in total. The maximum Gasteiger partial charge on any atom is 0.159 e. The predicted molar refractivity (Wildman–Crippen MR) is 95.8 cm³/mol. The number of nitrogens with zero attached hydrogens (tertiary/aromatic N) is 5. The first-order valence-electron chi connectivity index (χ1n) is 7.40. The molecule has 3 heterocycles. The van der Waals surface area contributed by atoms with Crippen LogP contribution in [0.4, 0.5) is 0 Å². The van der Waals surface area contributed by atoms with Crippen molar-refractivity contribution in [3.63, 3.8) is 0 Å². The van der Waals surface area contributed by atoms with Gasteiger partial charge < -0.3 is 0 Å². The van der Waals surface area contributed by atoms with Crippen LogP contribution in [0.2, 0.25) is 10.3 Å². The number of aryl methyl sites for hydroxylation is 3. The number of hydrogen-bond acceptors (Lipinski definition) is 4. The second kappa shape index (κ2) is 5.40. The number of halogens is 2. The number of benzene rings is 1.